The van der Waals surface area contributed by atoms with Crippen molar-refractivity contribution in [1.29, 1.82) is 0 Å². The molecule has 4 rings (SSSR count). The Morgan fingerprint density at radius 3 is 2.41 bits per heavy atom. The van der Waals surface area contributed by atoms with Crippen LogP contribution in [-0.2, 0) is 32.5 Å². The van der Waals surface area contributed by atoms with Gasteiger partial charge in [0.15, 0.2) is 20.2 Å². The lowest BCUT2D eigenvalue weighted by molar-refractivity contribution is -0.131. The maximum Gasteiger partial charge on any atom is 0.419 e. The summed E-state index contributed by atoms with van der Waals surface area (Å²) < 4.78 is 34.5. The predicted octanol–water partition coefficient (Wildman–Crippen LogP) is 1.53. The number of hydrogen-bond acceptors (Lipinski definition) is 8. The van der Waals surface area contributed by atoms with Crippen LogP contribution in [0.5, 0.6) is 0 Å². The van der Waals surface area contributed by atoms with Gasteiger partial charge in [0.25, 0.3) is 5.91 Å². The third-order valence-corrected chi connectivity index (χ3v) is 8.72. The minimum Gasteiger partial charge on any atom is -0.408 e. The first-order valence-corrected chi connectivity index (χ1v) is 13.7. The van der Waals surface area contributed by atoms with E-state index in [4.69, 9.17) is 14.4 Å². The summed E-state index contributed by atoms with van der Waals surface area (Å²) in [7, 11) is -3.89. The number of morpholine rings is 1. The molecule has 2 N–H and O–H groups in total. The van der Waals surface area contributed by atoms with E-state index in [1.807, 2.05) is 12.1 Å². The number of rotatable bonds is 7. The van der Waals surface area contributed by atoms with Gasteiger partial charge in [-0.25, -0.2) is 18.7 Å². The standard InChI is InChI=1S/C26H29N3O7S/c1-26(24(30)27-32,37(2,33)34)11-12-29-22-10-9-20(17-23(22)36-25(29)31)6-3-19-4-7-21(8-5-19)18-28-13-15-35-16-14-28/h4-5,7-10,17,32H,11-16,18H2,1-2H3,(H,27,30)/t26-/m1/s1. The van der Waals surface area contributed by atoms with Crippen molar-refractivity contribution in [3.8, 4) is 11.8 Å². The number of carbonyl (C=O) groups is 1. The van der Waals surface area contributed by atoms with Gasteiger partial charge in [0.05, 0.1) is 18.7 Å². The van der Waals surface area contributed by atoms with Gasteiger partial charge in [-0.1, -0.05) is 24.0 Å². The van der Waals surface area contributed by atoms with E-state index in [0.717, 1.165) is 44.7 Å². The second-order valence-electron chi connectivity index (χ2n) is 9.23. The van der Waals surface area contributed by atoms with Gasteiger partial charge in [0.1, 0.15) is 0 Å². The molecule has 3 aromatic rings. The van der Waals surface area contributed by atoms with Gasteiger partial charge in [-0.2, -0.15) is 0 Å². The Hall–Kier alpha value is -3.43. The average molecular weight is 528 g/mol. The van der Waals surface area contributed by atoms with Crippen molar-refractivity contribution in [1.82, 2.24) is 14.9 Å². The van der Waals surface area contributed by atoms with Crippen LogP contribution in [0.25, 0.3) is 11.1 Å². The molecule has 1 aliphatic heterocycles. The molecule has 1 atom stereocenters. The summed E-state index contributed by atoms with van der Waals surface area (Å²) in [5.74, 6) is 4.44. The molecule has 1 aromatic heterocycles. The van der Waals surface area contributed by atoms with Crippen molar-refractivity contribution in [3.63, 3.8) is 0 Å². The molecule has 0 aliphatic carbocycles. The fraction of sp³-hybridized carbons (Fsp3) is 0.385. The zero-order valence-corrected chi connectivity index (χ0v) is 21.5. The third-order valence-electron chi connectivity index (χ3n) is 6.70. The number of aryl methyl sites for hydroxylation is 1. The van der Waals surface area contributed by atoms with Crippen molar-refractivity contribution in [2.45, 2.75) is 31.2 Å². The lowest BCUT2D eigenvalue weighted by Gasteiger charge is -2.26. The number of fused-ring (bicyclic) bond motifs is 1. The monoisotopic (exact) mass is 527 g/mol. The lowest BCUT2D eigenvalue weighted by atomic mass is 10.1. The van der Waals surface area contributed by atoms with E-state index in [-0.39, 0.29) is 13.0 Å². The van der Waals surface area contributed by atoms with Gasteiger partial charge in [0.2, 0.25) is 0 Å². The van der Waals surface area contributed by atoms with Crippen molar-refractivity contribution >= 4 is 26.8 Å². The SMILES string of the molecule is C[C@@](CCn1c(=O)oc2cc(C#Cc3ccc(CN4CCOCC4)cc3)ccc21)(C(=O)NO)S(C)(=O)=O. The van der Waals surface area contributed by atoms with E-state index in [1.165, 1.54) is 22.5 Å². The molecule has 0 spiro atoms. The molecule has 1 amide bonds. The van der Waals surface area contributed by atoms with Gasteiger partial charge < -0.3 is 9.15 Å². The van der Waals surface area contributed by atoms with E-state index in [2.05, 4.69) is 28.9 Å². The van der Waals surface area contributed by atoms with Crippen LogP contribution in [0.1, 0.15) is 30.0 Å². The van der Waals surface area contributed by atoms with E-state index >= 15 is 0 Å². The first kappa shape index (κ1) is 26.6. The number of oxazole rings is 1. The number of benzene rings is 2. The molecule has 2 heterocycles. The first-order chi connectivity index (χ1) is 17.6. The highest BCUT2D eigenvalue weighted by Gasteiger charge is 2.43. The first-order valence-electron chi connectivity index (χ1n) is 11.8. The maximum absolute atomic E-state index is 12.5. The molecule has 196 valence electrons. The number of ether oxygens (including phenoxy) is 1. The quantitative estimate of drug-likeness (QED) is 0.269. The number of amides is 1. The van der Waals surface area contributed by atoms with Crippen LogP contribution >= 0.6 is 0 Å². The van der Waals surface area contributed by atoms with Crippen LogP contribution in [-0.4, -0.2) is 66.3 Å². The molecule has 0 unspecified atom stereocenters. The number of hydrogen-bond donors (Lipinski definition) is 2. The highest BCUT2D eigenvalue weighted by Crippen LogP contribution is 2.23. The normalized spacial score (nSPS) is 16.1. The molecule has 10 nitrogen and oxygen atoms in total. The zero-order valence-electron chi connectivity index (χ0n) is 20.7. The predicted molar refractivity (Wildman–Crippen MR) is 137 cm³/mol. The summed E-state index contributed by atoms with van der Waals surface area (Å²) in [6.45, 7) is 5.34. The van der Waals surface area contributed by atoms with Crippen LogP contribution in [0.3, 0.4) is 0 Å². The minimum atomic E-state index is -3.89. The van der Waals surface area contributed by atoms with Crippen LogP contribution in [0, 0.1) is 11.8 Å². The summed E-state index contributed by atoms with van der Waals surface area (Å²) >= 11 is 0. The summed E-state index contributed by atoms with van der Waals surface area (Å²) in [6.07, 6.45) is 0.664. The molecule has 1 fully saturated rings. The van der Waals surface area contributed by atoms with E-state index in [9.17, 15) is 18.0 Å². The fourth-order valence-corrected chi connectivity index (χ4v) is 4.97. The van der Waals surface area contributed by atoms with Gasteiger partial charge in [-0.3, -0.25) is 19.5 Å². The third kappa shape index (κ3) is 5.94. The Morgan fingerprint density at radius 2 is 1.76 bits per heavy atom. The molecular weight excluding hydrogens is 498 g/mol. The van der Waals surface area contributed by atoms with Gasteiger partial charge >= 0.3 is 5.76 Å². The summed E-state index contributed by atoms with van der Waals surface area (Å²) in [5, 5.41) is 8.99. The van der Waals surface area contributed by atoms with E-state index in [0.29, 0.717) is 16.7 Å². The highest BCUT2D eigenvalue weighted by molar-refractivity contribution is 7.92. The summed E-state index contributed by atoms with van der Waals surface area (Å²) in [5.41, 5.74) is 4.85. The Kier molecular flexibility index (Phi) is 7.85. The summed E-state index contributed by atoms with van der Waals surface area (Å²) in [4.78, 5) is 26.9. The molecule has 11 heteroatoms. The molecular formula is C26H29N3O7S. The van der Waals surface area contributed by atoms with Crippen molar-refractivity contribution < 1.29 is 27.6 Å². The highest BCUT2D eigenvalue weighted by atomic mass is 32.2. The van der Waals surface area contributed by atoms with Gasteiger partial charge in [-0.15, -0.1) is 0 Å². The second-order valence-corrected chi connectivity index (χ2v) is 11.7. The maximum atomic E-state index is 12.5. The summed E-state index contributed by atoms with van der Waals surface area (Å²) in [6, 6.07) is 13.1. The largest absolute Gasteiger partial charge is 0.419 e. The minimum absolute atomic E-state index is 0.106. The number of hydroxylamine groups is 1. The van der Waals surface area contributed by atoms with Crippen molar-refractivity contribution in [3.05, 3.63) is 69.7 Å². The second kappa shape index (κ2) is 10.9. The molecule has 0 saturated carbocycles. The Labute approximate surface area is 214 Å². The number of aromatic nitrogens is 1. The van der Waals surface area contributed by atoms with Crippen molar-refractivity contribution in [2.75, 3.05) is 32.6 Å². The van der Waals surface area contributed by atoms with Crippen LogP contribution in [0.2, 0.25) is 0 Å². The fourth-order valence-electron chi connectivity index (χ4n) is 4.12. The van der Waals surface area contributed by atoms with E-state index < -0.39 is 26.2 Å². The van der Waals surface area contributed by atoms with Crippen LogP contribution < -0.4 is 11.2 Å². The molecule has 0 bridgehead atoms. The van der Waals surface area contributed by atoms with Crippen LogP contribution in [0.15, 0.2) is 51.7 Å². The average Bonchev–Trinajstić information content (AvgIpc) is 3.20. The molecule has 0 radical (unpaired) electrons. The molecule has 1 saturated heterocycles. The smallest absolute Gasteiger partial charge is 0.408 e. The number of nitrogens with zero attached hydrogens (tertiary/aromatic N) is 2. The Balaban J connectivity index is 1.49. The van der Waals surface area contributed by atoms with Crippen LogP contribution in [0.4, 0.5) is 0 Å². The molecule has 2 aromatic carbocycles. The zero-order chi connectivity index (χ0) is 26.6. The van der Waals surface area contributed by atoms with E-state index in [1.54, 1.807) is 18.2 Å². The number of carbonyl (C=O) groups excluding carboxylic acids is 1. The Morgan fingerprint density at radius 1 is 1.11 bits per heavy atom. The molecule has 1 aliphatic rings. The topological polar surface area (TPSA) is 131 Å². The van der Waals surface area contributed by atoms with Gasteiger partial charge in [0, 0.05) is 43.6 Å². The number of sulfone groups is 1. The lowest BCUT2D eigenvalue weighted by Crippen LogP contribution is -2.49. The Bertz CT molecular complexity index is 1510. The molecule has 37 heavy (non-hydrogen) atoms. The number of nitrogens with one attached hydrogen (secondary N) is 1. The van der Waals surface area contributed by atoms with Gasteiger partial charge in [-0.05, 0) is 49.2 Å². The van der Waals surface area contributed by atoms with Crippen molar-refractivity contribution in [2.24, 2.45) is 0 Å².